The van der Waals surface area contributed by atoms with Crippen molar-refractivity contribution >= 4 is 29.2 Å². The van der Waals surface area contributed by atoms with Crippen LogP contribution in [-0.4, -0.2) is 36.5 Å². The maximum atomic E-state index is 12.7. The normalized spacial score (nSPS) is 12.0. The third kappa shape index (κ3) is 3.91. The van der Waals surface area contributed by atoms with Gasteiger partial charge in [-0.05, 0) is 44.5 Å². The van der Waals surface area contributed by atoms with Crippen molar-refractivity contribution in [2.24, 2.45) is 0 Å². The summed E-state index contributed by atoms with van der Waals surface area (Å²) in [6.07, 6.45) is 1.35. The first-order chi connectivity index (χ1) is 13.3. The van der Waals surface area contributed by atoms with Crippen LogP contribution >= 0.6 is 11.6 Å². The number of aromatic nitrogens is 4. The van der Waals surface area contributed by atoms with Crippen molar-refractivity contribution in [3.63, 3.8) is 0 Å². The zero-order valence-corrected chi connectivity index (χ0v) is 16.4. The molecule has 0 spiro atoms. The summed E-state index contributed by atoms with van der Waals surface area (Å²) in [5, 5.41) is 21.2. The third-order valence-corrected chi connectivity index (χ3v) is 4.72. The van der Waals surface area contributed by atoms with E-state index in [9.17, 15) is 14.7 Å². The first kappa shape index (κ1) is 19.6. The van der Waals surface area contributed by atoms with Crippen LogP contribution in [-0.2, 0) is 11.3 Å². The predicted molar refractivity (Wildman–Crippen MR) is 105 cm³/mol. The van der Waals surface area contributed by atoms with E-state index in [1.807, 2.05) is 25.1 Å². The lowest BCUT2D eigenvalue weighted by molar-refractivity contribution is -0.119. The maximum Gasteiger partial charge on any atom is 0.354 e. The van der Waals surface area contributed by atoms with Crippen LogP contribution in [0.15, 0.2) is 36.5 Å². The summed E-state index contributed by atoms with van der Waals surface area (Å²) in [6.45, 7) is 5.77. The molecule has 146 valence electrons. The lowest BCUT2D eigenvalue weighted by Crippen LogP contribution is -2.27. The number of carbonyl (C=O) groups excluding carboxylic acids is 1. The third-order valence-electron chi connectivity index (χ3n) is 4.49. The van der Waals surface area contributed by atoms with Gasteiger partial charge in [0.25, 0.3) is 0 Å². The quantitative estimate of drug-likeness (QED) is 0.659. The second-order valence-electron chi connectivity index (χ2n) is 6.46. The topological polar surface area (TPSA) is 102 Å². The number of carbonyl (C=O) groups is 2. The van der Waals surface area contributed by atoms with Gasteiger partial charge in [0.15, 0.2) is 0 Å². The van der Waals surface area contributed by atoms with Crippen LogP contribution in [0.3, 0.4) is 0 Å². The van der Waals surface area contributed by atoms with Gasteiger partial charge in [-0.25, -0.2) is 9.48 Å². The standard InChI is InChI=1S/C19H20ClN5O3/c1-11-17(12(2)24(23-11)10-14-5-4-6-15(20)9-14)22-18(26)13(3)25-16(19(27)28)7-8-21-25/h4-9,13H,10H2,1-3H3,(H,22,26)(H,27,28). The van der Waals surface area contributed by atoms with E-state index in [2.05, 4.69) is 15.5 Å². The Bertz CT molecular complexity index is 1040. The van der Waals surface area contributed by atoms with E-state index in [-0.39, 0.29) is 11.6 Å². The molecule has 1 aromatic carbocycles. The number of amides is 1. The van der Waals surface area contributed by atoms with Crippen molar-refractivity contribution in [1.82, 2.24) is 19.6 Å². The molecule has 1 amide bonds. The Balaban J connectivity index is 1.80. The number of nitrogens with zero attached hydrogens (tertiary/aromatic N) is 4. The average molecular weight is 402 g/mol. The van der Waals surface area contributed by atoms with Crippen LogP contribution in [0.1, 0.15) is 40.4 Å². The highest BCUT2D eigenvalue weighted by Gasteiger charge is 2.23. The van der Waals surface area contributed by atoms with Gasteiger partial charge in [-0.2, -0.15) is 10.2 Å². The van der Waals surface area contributed by atoms with Crippen molar-refractivity contribution in [2.75, 3.05) is 5.32 Å². The Labute approximate surface area is 166 Å². The van der Waals surface area contributed by atoms with Gasteiger partial charge < -0.3 is 10.4 Å². The fraction of sp³-hybridized carbons (Fsp3) is 0.263. The minimum absolute atomic E-state index is 0.0484. The Kier molecular flexibility index (Phi) is 5.51. The highest BCUT2D eigenvalue weighted by molar-refractivity contribution is 6.30. The molecule has 0 aliphatic carbocycles. The summed E-state index contributed by atoms with van der Waals surface area (Å²) in [5.41, 5.74) is 3.00. The summed E-state index contributed by atoms with van der Waals surface area (Å²) in [6, 6.07) is 8.05. The van der Waals surface area contributed by atoms with Gasteiger partial charge in [0, 0.05) is 11.2 Å². The number of carboxylic acid groups (broad SMARTS) is 1. The van der Waals surface area contributed by atoms with E-state index in [0.29, 0.717) is 22.9 Å². The molecule has 2 N–H and O–H groups in total. The predicted octanol–water partition coefficient (Wildman–Crippen LogP) is 3.30. The van der Waals surface area contributed by atoms with Crippen molar-refractivity contribution < 1.29 is 14.7 Å². The van der Waals surface area contributed by atoms with Gasteiger partial charge in [-0.15, -0.1) is 0 Å². The Morgan fingerprint density at radius 2 is 2.04 bits per heavy atom. The number of rotatable bonds is 6. The largest absolute Gasteiger partial charge is 0.477 e. The van der Waals surface area contributed by atoms with E-state index in [0.717, 1.165) is 11.3 Å². The van der Waals surface area contributed by atoms with E-state index >= 15 is 0 Å². The summed E-state index contributed by atoms with van der Waals surface area (Å²) in [7, 11) is 0. The number of anilines is 1. The molecule has 0 saturated carbocycles. The minimum atomic E-state index is -1.14. The van der Waals surface area contributed by atoms with E-state index in [1.54, 1.807) is 24.6 Å². The van der Waals surface area contributed by atoms with Gasteiger partial charge >= 0.3 is 5.97 Å². The molecule has 2 aromatic heterocycles. The molecule has 28 heavy (non-hydrogen) atoms. The number of aryl methyl sites for hydroxylation is 1. The van der Waals surface area contributed by atoms with E-state index in [4.69, 9.17) is 11.6 Å². The smallest absolute Gasteiger partial charge is 0.354 e. The number of nitrogens with one attached hydrogen (secondary N) is 1. The zero-order chi connectivity index (χ0) is 20.4. The molecular formula is C19H20ClN5O3. The summed E-state index contributed by atoms with van der Waals surface area (Å²) >= 11 is 6.04. The first-order valence-electron chi connectivity index (χ1n) is 8.64. The molecule has 1 unspecified atom stereocenters. The van der Waals surface area contributed by atoms with Crippen molar-refractivity contribution in [3.8, 4) is 0 Å². The van der Waals surface area contributed by atoms with Gasteiger partial charge in [0.2, 0.25) is 5.91 Å². The molecule has 0 bridgehead atoms. The van der Waals surface area contributed by atoms with E-state index in [1.165, 1.54) is 16.9 Å². The Hall–Kier alpha value is -3.13. The lowest BCUT2D eigenvalue weighted by atomic mass is 10.2. The average Bonchev–Trinajstić information content (AvgIpc) is 3.22. The summed E-state index contributed by atoms with van der Waals surface area (Å²) < 4.78 is 2.97. The lowest BCUT2D eigenvalue weighted by Gasteiger charge is -2.14. The highest BCUT2D eigenvalue weighted by atomic mass is 35.5. The maximum absolute atomic E-state index is 12.7. The van der Waals surface area contributed by atoms with Gasteiger partial charge in [0.1, 0.15) is 11.7 Å². The Morgan fingerprint density at radius 3 is 2.71 bits per heavy atom. The highest BCUT2D eigenvalue weighted by Crippen LogP contribution is 2.23. The van der Waals surface area contributed by atoms with Gasteiger partial charge in [0.05, 0.1) is 23.6 Å². The number of aromatic carboxylic acids is 1. The number of halogens is 1. The molecule has 1 atom stereocenters. The van der Waals surface area contributed by atoms with Crippen LogP contribution in [0.2, 0.25) is 5.02 Å². The number of benzene rings is 1. The minimum Gasteiger partial charge on any atom is -0.477 e. The molecule has 0 aliphatic rings. The van der Waals surface area contributed by atoms with Crippen molar-refractivity contribution in [2.45, 2.75) is 33.4 Å². The molecule has 3 aromatic rings. The second kappa shape index (κ2) is 7.85. The fourth-order valence-corrected chi connectivity index (χ4v) is 3.18. The van der Waals surface area contributed by atoms with Crippen LogP contribution in [0, 0.1) is 13.8 Å². The van der Waals surface area contributed by atoms with Crippen molar-refractivity contribution in [3.05, 3.63) is 64.2 Å². The second-order valence-corrected chi connectivity index (χ2v) is 6.90. The molecule has 0 radical (unpaired) electrons. The van der Waals surface area contributed by atoms with Crippen molar-refractivity contribution in [1.29, 1.82) is 0 Å². The monoisotopic (exact) mass is 401 g/mol. The molecule has 0 aliphatic heterocycles. The number of hydrogen-bond donors (Lipinski definition) is 2. The summed E-state index contributed by atoms with van der Waals surface area (Å²) in [4.78, 5) is 23.9. The SMILES string of the molecule is Cc1nn(Cc2cccc(Cl)c2)c(C)c1NC(=O)C(C)n1nccc1C(=O)O. The molecule has 2 heterocycles. The van der Waals surface area contributed by atoms with Crippen LogP contribution in [0.4, 0.5) is 5.69 Å². The molecule has 8 nitrogen and oxygen atoms in total. The molecule has 3 rings (SSSR count). The summed E-state index contributed by atoms with van der Waals surface area (Å²) in [5.74, 6) is -1.52. The molecule has 0 saturated heterocycles. The van der Waals surface area contributed by atoms with Crippen LogP contribution in [0.5, 0.6) is 0 Å². The zero-order valence-electron chi connectivity index (χ0n) is 15.7. The number of carboxylic acids is 1. The van der Waals surface area contributed by atoms with Gasteiger partial charge in [-0.3, -0.25) is 9.48 Å². The van der Waals surface area contributed by atoms with Crippen LogP contribution in [0.25, 0.3) is 0 Å². The molecule has 9 heteroatoms. The fourth-order valence-electron chi connectivity index (χ4n) is 2.97. The molecular weight excluding hydrogens is 382 g/mol. The molecule has 0 fully saturated rings. The van der Waals surface area contributed by atoms with E-state index < -0.39 is 12.0 Å². The Morgan fingerprint density at radius 1 is 1.29 bits per heavy atom. The van der Waals surface area contributed by atoms with Crippen LogP contribution < -0.4 is 5.32 Å². The first-order valence-corrected chi connectivity index (χ1v) is 9.02. The number of hydrogen-bond acceptors (Lipinski definition) is 4. The van der Waals surface area contributed by atoms with Gasteiger partial charge in [-0.1, -0.05) is 23.7 Å².